The van der Waals surface area contributed by atoms with E-state index in [1.807, 2.05) is 0 Å². The first-order chi connectivity index (χ1) is 18.1. The summed E-state index contributed by atoms with van der Waals surface area (Å²) < 4.78 is 62.8. The highest BCUT2D eigenvalue weighted by Crippen LogP contribution is 2.40. The largest absolute Gasteiger partial charge is 0.490 e. The third kappa shape index (κ3) is 6.15. The van der Waals surface area contributed by atoms with Crippen LogP contribution in [0.3, 0.4) is 0 Å². The van der Waals surface area contributed by atoms with Crippen LogP contribution in [0.5, 0.6) is 23.0 Å². The van der Waals surface area contributed by atoms with Crippen LogP contribution in [0.25, 0.3) is 11.0 Å². The van der Waals surface area contributed by atoms with Crippen molar-refractivity contribution in [2.45, 2.75) is 13.1 Å². The number of hydrogen-bond donors (Lipinski definition) is 1. The smallest absolute Gasteiger partial charge is 0.453 e. The van der Waals surface area contributed by atoms with Gasteiger partial charge in [-0.2, -0.15) is 13.2 Å². The fourth-order valence-corrected chi connectivity index (χ4v) is 3.66. The number of anilines is 1. The third-order valence-electron chi connectivity index (χ3n) is 5.01. The first-order valence-corrected chi connectivity index (χ1v) is 11.8. The zero-order valence-corrected chi connectivity index (χ0v) is 21.0. The van der Waals surface area contributed by atoms with E-state index < -0.39 is 41.2 Å². The van der Waals surface area contributed by atoms with Gasteiger partial charge in [0, 0.05) is 11.8 Å². The molecule has 0 unspecified atom stereocenters. The Hall–Kier alpha value is -3.89. The number of hydrogen-bond acceptors (Lipinski definition) is 6. The van der Waals surface area contributed by atoms with E-state index in [0.29, 0.717) is 10.7 Å². The summed E-state index contributed by atoms with van der Waals surface area (Å²) in [5.74, 6) is -3.17. The summed E-state index contributed by atoms with van der Waals surface area (Å²) in [5, 5.41) is 2.90. The Balaban J connectivity index is 1.61. The Bertz CT molecular complexity index is 1550. The average molecular weight is 568 g/mol. The molecular weight excluding hydrogens is 550 g/mol. The number of amides is 1. The van der Waals surface area contributed by atoms with Crippen LogP contribution in [-0.2, 0) is 11.0 Å². The molecule has 0 spiro atoms. The molecule has 0 aliphatic rings. The summed E-state index contributed by atoms with van der Waals surface area (Å²) >= 11 is 11.8. The molecule has 0 saturated heterocycles. The van der Waals surface area contributed by atoms with Crippen molar-refractivity contribution in [1.29, 1.82) is 0 Å². The summed E-state index contributed by atoms with van der Waals surface area (Å²) in [7, 11) is 0. The summed E-state index contributed by atoms with van der Waals surface area (Å²) in [6.45, 7) is 1.43. The zero-order valence-electron chi connectivity index (χ0n) is 19.5. The molecule has 1 amide bonds. The van der Waals surface area contributed by atoms with Gasteiger partial charge in [-0.15, -0.1) is 0 Å². The van der Waals surface area contributed by atoms with Gasteiger partial charge in [-0.3, -0.25) is 9.59 Å². The Morgan fingerprint density at radius 3 is 2.39 bits per heavy atom. The summed E-state index contributed by atoms with van der Waals surface area (Å²) in [6.07, 6.45) is -5.06. The summed E-state index contributed by atoms with van der Waals surface area (Å²) in [4.78, 5) is 25.3. The number of nitrogens with one attached hydrogen (secondary N) is 1. The van der Waals surface area contributed by atoms with Gasteiger partial charge in [0.1, 0.15) is 11.3 Å². The van der Waals surface area contributed by atoms with Crippen molar-refractivity contribution < 1.29 is 36.6 Å². The minimum Gasteiger partial charge on any atom is -0.490 e. The first kappa shape index (κ1) is 27.2. The van der Waals surface area contributed by atoms with Gasteiger partial charge in [0.25, 0.3) is 11.7 Å². The van der Waals surface area contributed by atoms with Gasteiger partial charge in [-0.25, -0.2) is 0 Å². The maximum atomic E-state index is 13.9. The Morgan fingerprint density at radius 2 is 1.71 bits per heavy atom. The van der Waals surface area contributed by atoms with Gasteiger partial charge in [0.2, 0.25) is 11.2 Å². The van der Waals surface area contributed by atoms with Crippen LogP contribution in [0.1, 0.15) is 12.7 Å². The molecule has 0 aliphatic heterocycles. The number of rotatable bonds is 8. The van der Waals surface area contributed by atoms with Gasteiger partial charge in [-0.1, -0.05) is 35.3 Å². The molecule has 4 aromatic rings. The lowest BCUT2D eigenvalue weighted by Gasteiger charge is -2.15. The maximum Gasteiger partial charge on any atom is 0.453 e. The van der Waals surface area contributed by atoms with E-state index in [-0.39, 0.29) is 34.3 Å². The van der Waals surface area contributed by atoms with E-state index >= 15 is 0 Å². The molecule has 4 rings (SSSR count). The second-order valence-electron chi connectivity index (χ2n) is 7.69. The van der Waals surface area contributed by atoms with Crippen molar-refractivity contribution in [3.63, 3.8) is 0 Å². The number of carbonyl (C=O) groups is 1. The molecule has 0 radical (unpaired) electrons. The number of halogens is 5. The van der Waals surface area contributed by atoms with Crippen molar-refractivity contribution in [3.05, 3.63) is 86.7 Å². The van der Waals surface area contributed by atoms with E-state index in [2.05, 4.69) is 5.32 Å². The molecule has 1 N–H and O–H groups in total. The molecule has 12 heteroatoms. The molecule has 38 heavy (non-hydrogen) atoms. The Morgan fingerprint density at radius 1 is 0.974 bits per heavy atom. The van der Waals surface area contributed by atoms with Crippen LogP contribution >= 0.6 is 23.2 Å². The molecule has 0 bridgehead atoms. The lowest BCUT2D eigenvalue weighted by Crippen LogP contribution is -2.20. The van der Waals surface area contributed by atoms with Crippen molar-refractivity contribution in [1.82, 2.24) is 0 Å². The van der Waals surface area contributed by atoms with E-state index in [1.54, 1.807) is 13.0 Å². The minimum absolute atomic E-state index is 0.00609. The summed E-state index contributed by atoms with van der Waals surface area (Å²) in [5.41, 5.74) is -1.09. The molecule has 198 valence electrons. The van der Waals surface area contributed by atoms with Gasteiger partial charge in [-0.05, 0) is 49.4 Å². The van der Waals surface area contributed by atoms with Crippen LogP contribution in [0.15, 0.2) is 69.9 Å². The van der Waals surface area contributed by atoms with Crippen LogP contribution < -0.4 is 25.0 Å². The van der Waals surface area contributed by atoms with Gasteiger partial charge in [0.15, 0.2) is 18.1 Å². The van der Waals surface area contributed by atoms with Gasteiger partial charge >= 0.3 is 6.18 Å². The van der Waals surface area contributed by atoms with Gasteiger partial charge < -0.3 is 23.9 Å². The number of ether oxygens (including phenoxy) is 3. The molecule has 0 saturated carbocycles. The Kier molecular flexibility index (Phi) is 8.03. The van der Waals surface area contributed by atoms with Crippen molar-refractivity contribution in [2.24, 2.45) is 0 Å². The number of para-hydroxylation sites is 2. The molecule has 0 aliphatic carbocycles. The van der Waals surface area contributed by atoms with Crippen molar-refractivity contribution >= 4 is 45.8 Å². The highest BCUT2D eigenvalue weighted by molar-refractivity contribution is 6.42. The third-order valence-corrected chi connectivity index (χ3v) is 5.75. The Labute approximate surface area is 223 Å². The second kappa shape index (κ2) is 11.2. The lowest BCUT2D eigenvalue weighted by atomic mass is 10.2. The number of alkyl halides is 3. The number of fused-ring (bicyclic) bond motifs is 1. The molecule has 0 fully saturated rings. The lowest BCUT2D eigenvalue weighted by molar-refractivity contribution is -0.154. The van der Waals surface area contributed by atoms with Crippen molar-refractivity contribution in [2.75, 3.05) is 18.5 Å². The van der Waals surface area contributed by atoms with E-state index in [4.69, 9.17) is 41.8 Å². The zero-order chi connectivity index (χ0) is 27.4. The fraction of sp³-hybridized carbons (Fsp3) is 0.154. The maximum absolute atomic E-state index is 13.9. The number of carbonyl (C=O) groups excluding carboxylic acids is 1. The average Bonchev–Trinajstić information content (AvgIpc) is 2.87. The fourth-order valence-electron chi connectivity index (χ4n) is 3.36. The standard InChI is InChI=1S/C26H18Cl2F3NO6/c1-2-35-19-5-3-4-6-20(19)37-24-23(34)16-9-8-15(12-21(16)38-25(24)26(29,30)31)36-13-22(33)32-14-7-10-17(27)18(28)11-14/h3-12H,2,13H2,1H3,(H,32,33). The van der Waals surface area contributed by atoms with Gasteiger partial charge in [0.05, 0.1) is 22.0 Å². The normalized spacial score (nSPS) is 11.3. The SMILES string of the molecule is CCOc1ccccc1Oc1c(C(F)(F)F)oc2cc(OCC(=O)Nc3ccc(Cl)c(Cl)c3)ccc2c1=O. The first-order valence-electron chi connectivity index (χ1n) is 11.0. The minimum atomic E-state index is -5.06. The highest BCUT2D eigenvalue weighted by Gasteiger charge is 2.40. The predicted octanol–water partition coefficient (Wildman–Crippen LogP) is 7.33. The highest BCUT2D eigenvalue weighted by atomic mass is 35.5. The van der Waals surface area contributed by atoms with Crippen molar-refractivity contribution in [3.8, 4) is 23.0 Å². The topological polar surface area (TPSA) is 87.0 Å². The predicted molar refractivity (Wildman–Crippen MR) is 136 cm³/mol. The van der Waals surface area contributed by atoms with Crippen LogP contribution in [0.4, 0.5) is 18.9 Å². The quantitative estimate of drug-likeness (QED) is 0.240. The summed E-state index contributed by atoms with van der Waals surface area (Å²) in [6, 6.07) is 14.1. The van der Waals surface area contributed by atoms with E-state index in [0.717, 1.165) is 6.07 Å². The second-order valence-corrected chi connectivity index (χ2v) is 8.51. The molecule has 3 aromatic carbocycles. The molecular formula is C26H18Cl2F3NO6. The molecule has 1 aromatic heterocycles. The van der Waals surface area contributed by atoms with Crippen LogP contribution in [-0.4, -0.2) is 19.1 Å². The van der Waals surface area contributed by atoms with Crippen LogP contribution in [0, 0.1) is 0 Å². The monoisotopic (exact) mass is 567 g/mol. The molecule has 1 heterocycles. The number of benzene rings is 3. The molecule has 7 nitrogen and oxygen atoms in total. The molecule has 0 atom stereocenters. The van der Waals surface area contributed by atoms with E-state index in [9.17, 15) is 22.8 Å². The van der Waals surface area contributed by atoms with Crippen LogP contribution in [0.2, 0.25) is 10.0 Å². The van der Waals surface area contributed by atoms with E-state index in [1.165, 1.54) is 48.5 Å².